The van der Waals surface area contributed by atoms with Gasteiger partial charge in [0.1, 0.15) is 23.6 Å². The van der Waals surface area contributed by atoms with Crippen LogP contribution in [0.2, 0.25) is 0 Å². The number of nitroso groups, excluding NO2 is 1. The van der Waals surface area contributed by atoms with E-state index in [2.05, 4.69) is 36.2 Å². The van der Waals surface area contributed by atoms with E-state index in [-0.39, 0.29) is 66.4 Å². The number of anilines is 1. The molecular weight excluding hydrogens is 795 g/mol. The third-order valence-electron chi connectivity index (χ3n) is 12.2. The molecular formula is C45H53N9O8. The summed E-state index contributed by atoms with van der Waals surface area (Å²) < 4.78 is 1.72. The molecule has 3 atom stereocenters. The molecule has 17 nitrogen and oxygen atoms in total. The van der Waals surface area contributed by atoms with E-state index in [1.807, 2.05) is 58.9 Å². The van der Waals surface area contributed by atoms with Gasteiger partial charge in [-0.05, 0) is 92.1 Å². The number of hydrogen-bond acceptors (Lipinski definition) is 12. The third kappa shape index (κ3) is 8.80. The maximum atomic E-state index is 13.7. The number of phenolic OH excluding ortho intramolecular Hbond substituents is 2. The topological polar surface area (TPSA) is 229 Å². The minimum atomic E-state index is -0.838. The Morgan fingerprint density at radius 3 is 2.31 bits per heavy atom. The maximum Gasteiger partial charge on any atom is 0.255 e. The monoisotopic (exact) mass is 847 g/mol. The highest BCUT2D eigenvalue weighted by atomic mass is 16.3. The number of amides is 5. The van der Waals surface area contributed by atoms with Crippen molar-refractivity contribution in [1.82, 2.24) is 35.2 Å². The highest BCUT2D eigenvalue weighted by Crippen LogP contribution is 2.39. The lowest BCUT2D eigenvalue weighted by molar-refractivity contribution is -0.137. The Kier molecular flexibility index (Phi) is 12.8. The van der Waals surface area contributed by atoms with Gasteiger partial charge in [-0.15, -0.1) is 10.2 Å². The second-order valence-electron chi connectivity index (χ2n) is 17.0. The van der Waals surface area contributed by atoms with E-state index in [9.17, 15) is 39.1 Å². The Hall–Kier alpha value is -6.49. The normalized spacial score (nSPS) is 18.1. The van der Waals surface area contributed by atoms with E-state index < -0.39 is 29.9 Å². The number of hydrogen-bond donors (Lipinski definition) is 5. The number of benzene rings is 3. The van der Waals surface area contributed by atoms with Crippen molar-refractivity contribution < 1.29 is 34.2 Å². The molecule has 326 valence electrons. The predicted octanol–water partition coefficient (Wildman–Crippen LogP) is 5.44. The molecule has 0 bridgehead atoms. The molecule has 0 radical (unpaired) electrons. The number of nitrogens with one attached hydrogen (secondary N) is 3. The van der Waals surface area contributed by atoms with Crippen LogP contribution >= 0.6 is 0 Å². The Morgan fingerprint density at radius 1 is 0.935 bits per heavy atom. The smallest absolute Gasteiger partial charge is 0.255 e. The average molecular weight is 848 g/mol. The van der Waals surface area contributed by atoms with Gasteiger partial charge in [0.15, 0.2) is 17.7 Å². The van der Waals surface area contributed by atoms with E-state index in [4.69, 9.17) is 0 Å². The lowest BCUT2D eigenvalue weighted by Crippen LogP contribution is -2.52. The second-order valence-corrected chi connectivity index (χ2v) is 17.0. The Labute approximate surface area is 359 Å². The van der Waals surface area contributed by atoms with Crippen LogP contribution in [0.5, 0.6) is 11.5 Å². The van der Waals surface area contributed by atoms with E-state index >= 15 is 0 Å². The summed E-state index contributed by atoms with van der Waals surface area (Å²) in [5.41, 5.74) is 4.07. The standard InChI is InChI=1S/C45H53N9O8/c1-6-33(51-62)41-50-49-40(31-20-30(24(2)3)36(55)21-37(31)56)54(41)28-12-10-26(11-13-28)22-52-18-16-27(17-19-52)42(58)48-39(25(4)5)44(60)46-34-9-7-8-29-32(34)23-53(45(29)61)35-14-15-38(57)47-43(35)59/h7-13,20-21,24-25,27,33,35,39,55-56H,6,14-19,22-23H2,1-5H3,(H,46,60)(H,48,58)(H,47,57,59)/t33?,35?,39-/m0/s1. The molecule has 5 N–H and O–H groups in total. The van der Waals surface area contributed by atoms with Gasteiger partial charge in [0.05, 0.1) is 5.56 Å². The van der Waals surface area contributed by atoms with Crippen LogP contribution in [0, 0.1) is 16.7 Å². The quantitative estimate of drug-likeness (QED) is 0.0793. The van der Waals surface area contributed by atoms with Crippen LogP contribution in [-0.4, -0.2) is 89.5 Å². The van der Waals surface area contributed by atoms with E-state index in [1.54, 1.807) is 28.8 Å². The first-order chi connectivity index (χ1) is 29.7. The molecule has 1 aromatic heterocycles. The lowest BCUT2D eigenvalue weighted by atomic mass is 9.94. The van der Waals surface area contributed by atoms with Crippen LogP contribution in [0.3, 0.4) is 0 Å². The van der Waals surface area contributed by atoms with Crippen molar-refractivity contribution in [2.75, 3.05) is 18.4 Å². The fourth-order valence-electron chi connectivity index (χ4n) is 8.56. The van der Waals surface area contributed by atoms with Crippen molar-refractivity contribution in [3.8, 4) is 28.6 Å². The van der Waals surface area contributed by atoms with Gasteiger partial charge in [-0.3, -0.25) is 38.8 Å². The van der Waals surface area contributed by atoms with Crippen LogP contribution in [0.25, 0.3) is 17.1 Å². The highest BCUT2D eigenvalue weighted by Gasteiger charge is 2.40. The molecule has 4 aromatic rings. The summed E-state index contributed by atoms with van der Waals surface area (Å²) in [7, 11) is 0. The molecule has 17 heteroatoms. The molecule has 0 saturated carbocycles. The summed E-state index contributed by atoms with van der Waals surface area (Å²) in [5.74, 6) is -1.96. The fraction of sp³-hybridized carbons (Fsp3) is 0.444. The number of phenols is 2. The van der Waals surface area contributed by atoms with E-state index in [0.717, 1.165) is 5.56 Å². The first-order valence-electron chi connectivity index (χ1n) is 21.2. The molecule has 7 rings (SSSR count). The molecule has 3 aliphatic heterocycles. The Balaban J connectivity index is 0.975. The minimum absolute atomic E-state index is 0.0273. The van der Waals surface area contributed by atoms with Crippen molar-refractivity contribution in [3.05, 3.63) is 87.6 Å². The highest BCUT2D eigenvalue weighted by molar-refractivity contribution is 6.07. The van der Waals surface area contributed by atoms with Gasteiger partial charge in [0, 0.05) is 54.0 Å². The third-order valence-corrected chi connectivity index (χ3v) is 12.2. The number of nitrogens with zero attached hydrogens (tertiary/aromatic N) is 6. The van der Waals surface area contributed by atoms with Crippen molar-refractivity contribution in [2.45, 2.75) is 104 Å². The van der Waals surface area contributed by atoms with Crippen molar-refractivity contribution in [1.29, 1.82) is 0 Å². The SMILES string of the molecule is CCC(N=O)c1nnc(-c2cc(C(C)C)c(O)cc2O)n1-c1ccc(CN2CCC(C(=O)N[C@H](C(=O)Nc3cccc4c3CN(C3CCC(=O)NC3=O)C4=O)C(C)C)CC2)cc1. The summed E-state index contributed by atoms with van der Waals surface area (Å²) in [6, 6.07) is 13.3. The van der Waals surface area contributed by atoms with Gasteiger partial charge in [-0.1, -0.05) is 58.0 Å². The van der Waals surface area contributed by atoms with Crippen molar-refractivity contribution >= 4 is 35.2 Å². The van der Waals surface area contributed by atoms with Gasteiger partial charge >= 0.3 is 0 Å². The summed E-state index contributed by atoms with van der Waals surface area (Å²) >= 11 is 0. The number of likely N-dealkylation sites (tertiary alicyclic amines) is 1. The molecule has 0 spiro atoms. The zero-order valence-corrected chi connectivity index (χ0v) is 35.6. The minimum Gasteiger partial charge on any atom is -0.508 e. The van der Waals surface area contributed by atoms with Gasteiger partial charge in [0.25, 0.3) is 5.91 Å². The Morgan fingerprint density at radius 2 is 1.66 bits per heavy atom. The van der Waals surface area contributed by atoms with Crippen molar-refractivity contribution in [3.63, 3.8) is 0 Å². The molecule has 4 heterocycles. The second kappa shape index (κ2) is 18.2. The molecule has 3 aromatic carbocycles. The molecule has 5 amide bonds. The Bertz CT molecular complexity index is 2390. The van der Waals surface area contributed by atoms with Gasteiger partial charge in [-0.25, -0.2) is 0 Å². The number of piperidine rings is 2. The van der Waals surface area contributed by atoms with E-state index in [0.29, 0.717) is 84.2 Å². The van der Waals surface area contributed by atoms with E-state index in [1.165, 1.54) is 11.0 Å². The van der Waals surface area contributed by atoms with Crippen molar-refractivity contribution in [2.24, 2.45) is 17.0 Å². The first kappa shape index (κ1) is 43.6. The molecule has 62 heavy (non-hydrogen) atoms. The number of aromatic hydroxyl groups is 2. The first-order valence-corrected chi connectivity index (χ1v) is 21.2. The summed E-state index contributed by atoms with van der Waals surface area (Å²) in [4.78, 5) is 80.5. The largest absolute Gasteiger partial charge is 0.508 e. The number of aromatic nitrogens is 3. The van der Waals surface area contributed by atoms with Crippen LogP contribution < -0.4 is 16.0 Å². The number of imide groups is 1. The van der Waals surface area contributed by atoms with Crippen LogP contribution in [0.4, 0.5) is 5.69 Å². The van der Waals surface area contributed by atoms with Gasteiger partial charge in [-0.2, -0.15) is 4.91 Å². The zero-order valence-electron chi connectivity index (χ0n) is 35.6. The average Bonchev–Trinajstić information content (AvgIpc) is 3.82. The summed E-state index contributed by atoms with van der Waals surface area (Å²) in [6.07, 6.45) is 1.95. The van der Waals surface area contributed by atoms with Gasteiger partial charge in [0.2, 0.25) is 23.6 Å². The lowest BCUT2D eigenvalue weighted by Gasteiger charge is -2.32. The predicted molar refractivity (Wildman–Crippen MR) is 229 cm³/mol. The zero-order chi connectivity index (χ0) is 44.4. The molecule has 3 aliphatic rings. The molecule has 2 fully saturated rings. The molecule has 0 aliphatic carbocycles. The maximum absolute atomic E-state index is 13.7. The summed E-state index contributed by atoms with van der Waals surface area (Å²) in [5, 5.41) is 41.6. The number of rotatable bonds is 14. The number of fused-ring (bicyclic) bond motifs is 1. The number of carbonyl (C=O) groups is 5. The number of carbonyl (C=O) groups excluding carboxylic acids is 5. The molecule has 2 unspecified atom stereocenters. The van der Waals surface area contributed by atoms with Crippen LogP contribution in [-0.2, 0) is 32.3 Å². The van der Waals surface area contributed by atoms with Crippen LogP contribution in [0.1, 0.15) is 112 Å². The molecule has 2 saturated heterocycles. The summed E-state index contributed by atoms with van der Waals surface area (Å²) in [6.45, 7) is 11.5. The van der Waals surface area contributed by atoms with Crippen LogP contribution in [0.15, 0.2) is 59.8 Å². The van der Waals surface area contributed by atoms with Gasteiger partial charge < -0.3 is 25.7 Å². The fourth-order valence-corrected chi connectivity index (χ4v) is 8.56.